The monoisotopic (exact) mass is 158 g/mol. The number of hydrogen-bond donors (Lipinski definition) is 1. The van der Waals surface area contributed by atoms with Gasteiger partial charge in [-0.1, -0.05) is 6.58 Å². The summed E-state index contributed by atoms with van der Waals surface area (Å²) < 4.78 is 10.5. The molecule has 1 rings (SSSR count). The van der Waals surface area contributed by atoms with E-state index in [0.717, 1.165) is 5.57 Å². The van der Waals surface area contributed by atoms with Crippen LogP contribution in [-0.4, -0.2) is 30.7 Å². The minimum atomic E-state index is -0.216. The molecule has 3 heteroatoms. The van der Waals surface area contributed by atoms with Gasteiger partial charge in [-0.2, -0.15) is 0 Å². The van der Waals surface area contributed by atoms with Crippen molar-refractivity contribution in [2.45, 2.75) is 25.7 Å². The molecule has 1 N–H and O–H groups in total. The third-order valence-electron chi connectivity index (χ3n) is 1.72. The second-order valence-corrected chi connectivity index (χ2v) is 2.55. The lowest BCUT2D eigenvalue weighted by atomic mass is 10.1. The van der Waals surface area contributed by atoms with Gasteiger partial charge in [0.2, 0.25) is 0 Å². The van der Waals surface area contributed by atoms with Crippen LogP contribution in [0.5, 0.6) is 0 Å². The molecular formula is C8H14O3. The number of aliphatic hydroxyl groups is 1. The smallest absolute Gasteiger partial charge is 0.162 e. The molecule has 0 saturated carbocycles. The average Bonchev–Trinajstić information content (AvgIpc) is 2.32. The van der Waals surface area contributed by atoms with Crippen LogP contribution in [0.1, 0.15) is 13.3 Å². The van der Waals surface area contributed by atoms with Crippen LogP contribution < -0.4 is 0 Å². The van der Waals surface area contributed by atoms with Gasteiger partial charge in [-0.15, -0.1) is 0 Å². The Morgan fingerprint density at radius 3 is 3.00 bits per heavy atom. The zero-order valence-electron chi connectivity index (χ0n) is 6.75. The Hall–Kier alpha value is -0.380. The third kappa shape index (κ3) is 2.02. The van der Waals surface area contributed by atoms with Gasteiger partial charge in [0.05, 0.1) is 6.61 Å². The maximum Gasteiger partial charge on any atom is 0.162 e. The normalized spacial score (nSPS) is 31.3. The molecule has 1 fully saturated rings. The van der Waals surface area contributed by atoms with Crippen LogP contribution in [-0.2, 0) is 9.47 Å². The third-order valence-corrected chi connectivity index (χ3v) is 1.72. The van der Waals surface area contributed by atoms with Crippen molar-refractivity contribution >= 4 is 0 Å². The number of rotatable bonds is 3. The predicted molar refractivity (Wildman–Crippen MR) is 41.1 cm³/mol. The zero-order chi connectivity index (χ0) is 8.27. The van der Waals surface area contributed by atoms with E-state index >= 15 is 0 Å². The molecule has 0 radical (unpaired) electrons. The van der Waals surface area contributed by atoms with Gasteiger partial charge in [0.1, 0.15) is 6.10 Å². The summed E-state index contributed by atoms with van der Waals surface area (Å²) in [6.07, 6.45) is 0.301. The summed E-state index contributed by atoms with van der Waals surface area (Å²) in [5.74, 6) is 0. The Morgan fingerprint density at radius 2 is 2.55 bits per heavy atom. The van der Waals surface area contributed by atoms with Crippen molar-refractivity contribution in [1.82, 2.24) is 0 Å². The summed E-state index contributed by atoms with van der Waals surface area (Å²) in [6, 6.07) is 0. The molecule has 0 aromatic rings. The summed E-state index contributed by atoms with van der Waals surface area (Å²) in [7, 11) is 0. The molecule has 1 saturated heterocycles. The van der Waals surface area contributed by atoms with Gasteiger partial charge in [-0.25, -0.2) is 0 Å². The summed E-state index contributed by atoms with van der Waals surface area (Å²) in [4.78, 5) is 0. The number of hydrogen-bond acceptors (Lipinski definition) is 3. The summed E-state index contributed by atoms with van der Waals surface area (Å²) in [5, 5.41) is 8.78. The van der Waals surface area contributed by atoms with Crippen LogP contribution in [0.3, 0.4) is 0 Å². The van der Waals surface area contributed by atoms with Crippen LogP contribution in [0.4, 0.5) is 0 Å². The zero-order valence-corrected chi connectivity index (χ0v) is 6.75. The Balaban J connectivity index is 2.36. The van der Waals surface area contributed by atoms with Crippen LogP contribution >= 0.6 is 0 Å². The van der Waals surface area contributed by atoms with Crippen molar-refractivity contribution in [3.8, 4) is 0 Å². The van der Waals surface area contributed by atoms with E-state index in [9.17, 15) is 0 Å². The van der Waals surface area contributed by atoms with E-state index in [1.807, 2.05) is 6.92 Å². The second kappa shape index (κ2) is 3.85. The van der Waals surface area contributed by atoms with Gasteiger partial charge in [0.25, 0.3) is 0 Å². The fourth-order valence-electron chi connectivity index (χ4n) is 1.13. The van der Waals surface area contributed by atoms with Crippen molar-refractivity contribution in [1.29, 1.82) is 0 Å². The molecule has 1 aliphatic heterocycles. The fourth-order valence-corrected chi connectivity index (χ4v) is 1.13. The average molecular weight is 158 g/mol. The predicted octanol–water partition coefficient (Wildman–Crippen LogP) is 0.686. The quantitative estimate of drug-likeness (QED) is 0.614. The highest BCUT2D eigenvalue weighted by Gasteiger charge is 2.27. The van der Waals surface area contributed by atoms with E-state index in [2.05, 4.69) is 6.58 Å². The molecule has 0 aliphatic carbocycles. The molecular weight excluding hydrogens is 144 g/mol. The summed E-state index contributed by atoms with van der Waals surface area (Å²) in [5.41, 5.74) is 0.922. The Bertz CT molecular complexity index is 144. The van der Waals surface area contributed by atoms with Crippen molar-refractivity contribution < 1.29 is 14.6 Å². The first-order valence-electron chi connectivity index (χ1n) is 3.83. The second-order valence-electron chi connectivity index (χ2n) is 2.55. The summed E-state index contributed by atoms with van der Waals surface area (Å²) in [6.45, 7) is 6.33. The van der Waals surface area contributed by atoms with Gasteiger partial charge >= 0.3 is 0 Å². The first-order valence-corrected chi connectivity index (χ1v) is 3.83. The Labute approximate surface area is 66.6 Å². The van der Waals surface area contributed by atoms with Gasteiger partial charge in [0.15, 0.2) is 6.29 Å². The van der Waals surface area contributed by atoms with E-state index in [1.165, 1.54) is 0 Å². The van der Waals surface area contributed by atoms with Gasteiger partial charge in [-0.3, -0.25) is 0 Å². The lowest BCUT2D eigenvalue weighted by molar-refractivity contribution is -0.136. The summed E-state index contributed by atoms with van der Waals surface area (Å²) >= 11 is 0. The van der Waals surface area contributed by atoms with Gasteiger partial charge in [-0.05, 0) is 12.5 Å². The number of aliphatic hydroxyl groups excluding tert-OH is 1. The molecule has 0 aromatic carbocycles. The van der Waals surface area contributed by atoms with Crippen molar-refractivity contribution in [2.75, 3.05) is 13.2 Å². The number of ether oxygens (including phenoxy) is 2. The topological polar surface area (TPSA) is 38.7 Å². The minimum Gasteiger partial charge on any atom is -0.393 e. The van der Waals surface area contributed by atoms with Gasteiger partial charge in [0, 0.05) is 13.0 Å². The molecule has 11 heavy (non-hydrogen) atoms. The SMILES string of the molecule is C=C1CC(OCC)OC1CO. The lowest BCUT2D eigenvalue weighted by Crippen LogP contribution is -2.17. The van der Waals surface area contributed by atoms with Crippen molar-refractivity contribution in [2.24, 2.45) is 0 Å². The van der Waals surface area contributed by atoms with E-state index in [0.29, 0.717) is 13.0 Å². The first kappa shape index (κ1) is 8.71. The maximum absolute atomic E-state index is 8.78. The highest BCUT2D eigenvalue weighted by Crippen LogP contribution is 2.24. The van der Waals surface area contributed by atoms with Crippen LogP contribution in [0, 0.1) is 0 Å². The van der Waals surface area contributed by atoms with Crippen LogP contribution in [0.2, 0.25) is 0 Å². The Morgan fingerprint density at radius 1 is 1.82 bits per heavy atom. The first-order chi connectivity index (χ1) is 5.27. The van der Waals surface area contributed by atoms with Gasteiger partial charge < -0.3 is 14.6 Å². The molecule has 64 valence electrons. The van der Waals surface area contributed by atoms with E-state index in [4.69, 9.17) is 14.6 Å². The molecule has 2 unspecified atom stereocenters. The van der Waals surface area contributed by atoms with Crippen molar-refractivity contribution in [3.63, 3.8) is 0 Å². The van der Waals surface area contributed by atoms with Crippen LogP contribution in [0.15, 0.2) is 12.2 Å². The highest BCUT2D eigenvalue weighted by molar-refractivity contribution is 5.07. The van der Waals surface area contributed by atoms with E-state index in [-0.39, 0.29) is 19.0 Å². The van der Waals surface area contributed by atoms with E-state index < -0.39 is 0 Å². The molecule has 1 heterocycles. The molecule has 0 spiro atoms. The Kier molecular flexibility index (Phi) is 3.05. The largest absolute Gasteiger partial charge is 0.393 e. The molecule has 0 amide bonds. The molecule has 3 nitrogen and oxygen atoms in total. The molecule has 2 atom stereocenters. The molecule has 0 aromatic heterocycles. The highest BCUT2D eigenvalue weighted by atomic mass is 16.7. The minimum absolute atomic E-state index is 0.00239. The molecule has 0 bridgehead atoms. The van der Waals surface area contributed by atoms with E-state index in [1.54, 1.807) is 0 Å². The molecule has 1 aliphatic rings. The van der Waals surface area contributed by atoms with Crippen molar-refractivity contribution in [3.05, 3.63) is 12.2 Å². The fraction of sp³-hybridized carbons (Fsp3) is 0.750. The standard InChI is InChI=1S/C8H14O3/c1-3-10-8-4-6(2)7(5-9)11-8/h7-9H,2-5H2,1H3. The van der Waals surface area contributed by atoms with Crippen LogP contribution in [0.25, 0.3) is 0 Å². The maximum atomic E-state index is 8.78. The lowest BCUT2D eigenvalue weighted by Gasteiger charge is -2.10.